The summed E-state index contributed by atoms with van der Waals surface area (Å²) >= 11 is 8.61. The van der Waals surface area contributed by atoms with Crippen molar-refractivity contribution >= 4 is 45.9 Å². The number of aliphatic hydroxyl groups is 1. The minimum absolute atomic E-state index is 0.165. The third-order valence-corrected chi connectivity index (χ3v) is 15.1. The SMILES string of the molecule is CCCc1cc(Cl)ccc1C1COc2ccc3cc2N(C1)CC1CCC1C(CN1CCN2CCSCC2C1)/C=C/CC(C)C(C)S(=O)NC3=O.CO. The lowest BCUT2D eigenvalue weighted by Crippen LogP contribution is -2.57. The molecule has 0 aromatic heterocycles. The monoisotopic (exact) mass is 770 g/mol. The summed E-state index contributed by atoms with van der Waals surface area (Å²) in [6.07, 6.45) is 10.2. The molecule has 8 atom stereocenters. The molecule has 2 aromatic carbocycles. The smallest absolute Gasteiger partial charge is 0.263 e. The fraction of sp³-hybridized carbons (Fsp3) is 0.634. The van der Waals surface area contributed by atoms with Crippen LogP contribution in [0.3, 0.4) is 0 Å². The molecule has 52 heavy (non-hydrogen) atoms. The van der Waals surface area contributed by atoms with Crippen LogP contribution in [0.4, 0.5) is 5.69 Å². The van der Waals surface area contributed by atoms with Gasteiger partial charge in [0.2, 0.25) is 0 Å². The van der Waals surface area contributed by atoms with Crippen molar-refractivity contribution in [2.45, 2.75) is 70.1 Å². The number of carbonyl (C=O) groups excluding carboxylic acids is 1. The van der Waals surface area contributed by atoms with Crippen molar-refractivity contribution in [3.63, 3.8) is 0 Å². The van der Waals surface area contributed by atoms with Gasteiger partial charge in [0.25, 0.3) is 5.91 Å². The van der Waals surface area contributed by atoms with Crippen molar-refractivity contribution in [3.8, 4) is 5.75 Å². The number of hydrogen-bond acceptors (Lipinski definition) is 8. The number of nitrogens with zero attached hydrogens (tertiary/aromatic N) is 3. The van der Waals surface area contributed by atoms with Gasteiger partial charge in [0.15, 0.2) is 0 Å². The largest absolute Gasteiger partial charge is 0.491 e. The van der Waals surface area contributed by atoms with Crippen molar-refractivity contribution in [1.82, 2.24) is 14.5 Å². The summed E-state index contributed by atoms with van der Waals surface area (Å²) in [5.74, 6) is 5.01. The minimum Gasteiger partial charge on any atom is -0.491 e. The van der Waals surface area contributed by atoms with E-state index in [0.717, 1.165) is 69.0 Å². The Labute approximate surface area is 323 Å². The van der Waals surface area contributed by atoms with Crippen molar-refractivity contribution in [3.05, 3.63) is 70.3 Å². The van der Waals surface area contributed by atoms with Gasteiger partial charge in [-0.2, -0.15) is 11.8 Å². The average Bonchev–Trinajstić information content (AvgIpc) is 3.32. The maximum absolute atomic E-state index is 13.5. The number of allylic oxidation sites excluding steroid dienone is 1. The fourth-order valence-corrected chi connectivity index (χ4v) is 11.2. The van der Waals surface area contributed by atoms with Crippen molar-refractivity contribution in [2.24, 2.45) is 23.7 Å². The number of benzene rings is 2. The molecule has 4 aliphatic heterocycles. The Morgan fingerprint density at radius 1 is 1.06 bits per heavy atom. The fourth-order valence-electron chi connectivity index (χ4n) is 8.85. The number of hydrogen-bond donors (Lipinski definition) is 2. The normalized spacial score (nSPS) is 32.0. The van der Waals surface area contributed by atoms with Crippen LogP contribution in [0, 0.1) is 23.7 Å². The molecule has 3 fully saturated rings. The first-order chi connectivity index (χ1) is 25.3. The number of thioether (sulfide) groups is 1. The molecule has 2 aromatic rings. The molecule has 2 bridgehead atoms. The Morgan fingerprint density at radius 2 is 1.90 bits per heavy atom. The second-order valence-corrected chi connectivity index (χ2v) is 18.6. The quantitative estimate of drug-likeness (QED) is 0.328. The van der Waals surface area contributed by atoms with E-state index in [2.05, 4.69) is 69.3 Å². The number of aliphatic hydroxyl groups excluding tert-OH is 1. The van der Waals surface area contributed by atoms with Gasteiger partial charge in [-0.05, 0) is 97.7 Å². The van der Waals surface area contributed by atoms with E-state index in [1.807, 2.05) is 31.2 Å². The number of anilines is 1. The molecular weight excluding hydrogens is 712 g/mol. The van der Waals surface area contributed by atoms with E-state index in [1.54, 1.807) is 0 Å². The Balaban J connectivity index is 0.00000228. The molecular formula is C41H59ClN4O4S2. The second kappa shape index (κ2) is 18.5. The molecule has 7 rings (SSSR count). The lowest BCUT2D eigenvalue weighted by molar-refractivity contribution is 0.0524. The first kappa shape index (κ1) is 39.6. The second-order valence-electron chi connectivity index (χ2n) is 15.5. The Bertz CT molecular complexity index is 1580. The minimum atomic E-state index is -1.49. The first-order valence-corrected chi connectivity index (χ1v) is 22.2. The van der Waals surface area contributed by atoms with Crippen LogP contribution in [-0.2, 0) is 17.4 Å². The van der Waals surface area contributed by atoms with Crippen LogP contribution in [0.2, 0.25) is 5.02 Å². The topological polar surface area (TPSA) is 85.4 Å². The molecule has 4 heterocycles. The first-order valence-electron chi connectivity index (χ1n) is 19.4. The number of fused-ring (bicyclic) bond motifs is 3. The molecule has 1 aliphatic carbocycles. The number of carbonyl (C=O) groups is 1. The third-order valence-electron chi connectivity index (χ3n) is 12.2. The van der Waals surface area contributed by atoms with Gasteiger partial charge in [-0.25, -0.2) is 4.21 Å². The van der Waals surface area contributed by atoms with E-state index in [-0.39, 0.29) is 23.0 Å². The highest BCUT2D eigenvalue weighted by Crippen LogP contribution is 2.45. The highest BCUT2D eigenvalue weighted by atomic mass is 35.5. The number of aryl methyl sites for hydroxylation is 1. The zero-order valence-electron chi connectivity index (χ0n) is 31.5. The summed E-state index contributed by atoms with van der Waals surface area (Å²) < 4.78 is 22.9. The standard InChI is InChI=1S/C40H55ClN4O3S2.CH4O/c1-4-6-29-19-34(41)11-13-36(29)33-23-45-22-32-9-12-37(32)31(21-43-15-16-44-17-18-49-26-35(44)24-43)8-5-7-27(2)28(3)50(47)42-40(46)30-10-14-39(48-25-33)38(45)20-30;1-2/h5,8,10-11,13-14,19-20,27-28,31-33,35,37H,4,6-7,9,12,15-18,21-26H2,1-3H3,(H,42,46);2H,1H3/b8-5+;. The molecule has 0 radical (unpaired) electrons. The van der Waals surface area contributed by atoms with Gasteiger partial charge in [-0.1, -0.05) is 50.1 Å². The van der Waals surface area contributed by atoms with E-state index >= 15 is 0 Å². The molecule has 1 saturated carbocycles. The van der Waals surface area contributed by atoms with Gasteiger partial charge in [-0.3, -0.25) is 19.3 Å². The third kappa shape index (κ3) is 9.23. The van der Waals surface area contributed by atoms with Crippen LogP contribution in [0.1, 0.15) is 73.9 Å². The molecule has 5 aliphatic rings. The summed E-state index contributed by atoms with van der Waals surface area (Å²) in [5.41, 5.74) is 4.09. The average molecular weight is 772 g/mol. The zero-order valence-corrected chi connectivity index (χ0v) is 33.9. The summed E-state index contributed by atoms with van der Waals surface area (Å²) in [7, 11) is -0.494. The van der Waals surface area contributed by atoms with Crippen LogP contribution < -0.4 is 14.4 Å². The van der Waals surface area contributed by atoms with Gasteiger partial charge < -0.3 is 14.7 Å². The van der Waals surface area contributed by atoms with Gasteiger partial charge in [0.05, 0.1) is 17.5 Å². The number of rotatable bonds is 5. The Morgan fingerprint density at radius 3 is 2.69 bits per heavy atom. The predicted molar refractivity (Wildman–Crippen MR) is 217 cm³/mol. The van der Waals surface area contributed by atoms with Gasteiger partial charge >= 0.3 is 0 Å². The van der Waals surface area contributed by atoms with E-state index < -0.39 is 11.0 Å². The number of ether oxygens (including phenoxy) is 1. The van der Waals surface area contributed by atoms with Crippen LogP contribution in [0.15, 0.2) is 48.6 Å². The number of halogens is 1. The maximum atomic E-state index is 13.5. The molecule has 286 valence electrons. The van der Waals surface area contributed by atoms with Gasteiger partial charge in [0, 0.05) is 87.0 Å². The highest BCUT2D eigenvalue weighted by molar-refractivity contribution is 7.99. The molecule has 8 nitrogen and oxygen atoms in total. The van der Waals surface area contributed by atoms with Crippen LogP contribution in [0.5, 0.6) is 5.75 Å². The number of nitrogens with one attached hydrogen (secondary N) is 1. The van der Waals surface area contributed by atoms with Crippen molar-refractivity contribution in [1.29, 1.82) is 0 Å². The van der Waals surface area contributed by atoms with Gasteiger partial charge in [-0.15, -0.1) is 0 Å². The molecule has 1 amide bonds. The Hall–Kier alpha value is -2.08. The van der Waals surface area contributed by atoms with Crippen molar-refractivity contribution in [2.75, 3.05) is 75.9 Å². The van der Waals surface area contributed by atoms with E-state index in [1.165, 1.54) is 55.1 Å². The maximum Gasteiger partial charge on any atom is 0.263 e. The molecule has 2 N–H and O–H groups in total. The van der Waals surface area contributed by atoms with Crippen LogP contribution in [-0.4, -0.2) is 107 Å². The van der Waals surface area contributed by atoms with E-state index in [4.69, 9.17) is 21.4 Å². The van der Waals surface area contributed by atoms with Crippen LogP contribution in [0.25, 0.3) is 0 Å². The number of amides is 1. The molecule has 2 saturated heterocycles. The lowest BCUT2D eigenvalue weighted by atomic mass is 9.66. The highest BCUT2D eigenvalue weighted by Gasteiger charge is 2.40. The molecule has 0 spiro atoms. The van der Waals surface area contributed by atoms with Crippen LogP contribution >= 0.6 is 23.4 Å². The summed E-state index contributed by atoms with van der Waals surface area (Å²) in [4.78, 5) is 21.5. The summed E-state index contributed by atoms with van der Waals surface area (Å²) in [6.45, 7) is 14.5. The lowest BCUT2D eigenvalue weighted by Gasteiger charge is -2.48. The zero-order chi connectivity index (χ0) is 36.8. The Kier molecular flexibility index (Phi) is 14.1. The molecule has 8 unspecified atom stereocenters. The van der Waals surface area contributed by atoms with Gasteiger partial charge in [0.1, 0.15) is 16.7 Å². The molecule has 11 heteroatoms. The predicted octanol–water partition coefficient (Wildman–Crippen LogP) is 6.64. The van der Waals surface area contributed by atoms with E-state index in [9.17, 15) is 9.00 Å². The number of piperazine rings is 1. The summed E-state index contributed by atoms with van der Waals surface area (Å²) in [6, 6.07) is 12.7. The summed E-state index contributed by atoms with van der Waals surface area (Å²) in [5, 5.41) is 7.61. The van der Waals surface area contributed by atoms with E-state index in [0.29, 0.717) is 36.0 Å². The van der Waals surface area contributed by atoms with Crippen molar-refractivity contribution < 1.29 is 18.8 Å².